The minimum atomic E-state index is -0.643. The summed E-state index contributed by atoms with van der Waals surface area (Å²) in [6.07, 6.45) is 3.71. The number of carboxylic acids is 1. The van der Waals surface area contributed by atoms with Crippen molar-refractivity contribution in [1.29, 1.82) is 0 Å². The van der Waals surface area contributed by atoms with E-state index in [2.05, 4.69) is 13.8 Å². The van der Waals surface area contributed by atoms with Gasteiger partial charge in [0, 0.05) is 0 Å². The Morgan fingerprint density at radius 3 is 2.08 bits per heavy atom. The first-order valence-corrected chi connectivity index (χ1v) is 4.65. The van der Waals surface area contributed by atoms with Crippen LogP contribution in [0.15, 0.2) is 0 Å². The van der Waals surface area contributed by atoms with Gasteiger partial charge in [-0.2, -0.15) is 6.92 Å². The second-order valence-electron chi connectivity index (χ2n) is 2.59. The molecule has 0 saturated heterocycles. The van der Waals surface area contributed by atoms with Crippen LogP contribution in [0.4, 0.5) is 0 Å². The summed E-state index contributed by atoms with van der Waals surface area (Å²) >= 11 is 0. The molecule has 0 spiro atoms. The summed E-state index contributed by atoms with van der Waals surface area (Å²) in [5.41, 5.74) is 0. The predicted octanol–water partition coefficient (Wildman–Crippen LogP) is 0.132. The fourth-order valence-corrected chi connectivity index (χ4v) is 0.953. The minimum Gasteiger partial charge on any atom is -0.481 e. The summed E-state index contributed by atoms with van der Waals surface area (Å²) in [5.74, 6) is -0.754. The van der Waals surface area contributed by atoms with Crippen LogP contribution in [0, 0.1) is 12.8 Å². The maximum absolute atomic E-state index is 10.4. The maximum atomic E-state index is 10.4. The van der Waals surface area contributed by atoms with E-state index in [1.807, 2.05) is 6.92 Å². The zero-order valence-electron chi connectivity index (χ0n) is 9.47. The summed E-state index contributed by atoms with van der Waals surface area (Å²) in [5, 5.41) is 8.60. The summed E-state index contributed by atoms with van der Waals surface area (Å²) < 4.78 is 0. The maximum Gasteiger partial charge on any atom is 1.00 e. The van der Waals surface area contributed by atoms with Crippen LogP contribution in [-0.4, -0.2) is 11.1 Å². The van der Waals surface area contributed by atoms with Crippen molar-refractivity contribution in [3.05, 3.63) is 6.92 Å². The summed E-state index contributed by atoms with van der Waals surface area (Å²) in [6, 6.07) is 0. The van der Waals surface area contributed by atoms with Crippen molar-refractivity contribution in [3.8, 4) is 0 Å². The first kappa shape index (κ1) is 19.6. The number of carboxylic acid groups (broad SMARTS) is 1. The molecule has 0 aliphatic rings. The number of carbonyl (C=O) groups is 1. The SMILES string of the molecule is CCCCC(CC)C(=O)O.[CH2-]C.[K+]. The largest absolute Gasteiger partial charge is 1.00 e. The second-order valence-corrected chi connectivity index (χ2v) is 2.59. The van der Waals surface area contributed by atoms with Crippen molar-refractivity contribution in [1.82, 2.24) is 0 Å². The second kappa shape index (κ2) is 15.6. The van der Waals surface area contributed by atoms with Gasteiger partial charge in [-0.25, -0.2) is 0 Å². The van der Waals surface area contributed by atoms with Crippen molar-refractivity contribution < 1.29 is 61.3 Å². The van der Waals surface area contributed by atoms with E-state index in [0.29, 0.717) is 0 Å². The van der Waals surface area contributed by atoms with E-state index in [9.17, 15) is 4.79 Å². The van der Waals surface area contributed by atoms with Crippen LogP contribution in [0.1, 0.15) is 46.5 Å². The van der Waals surface area contributed by atoms with Crippen LogP contribution in [0.25, 0.3) is 0 Å². The molecule has 13 heavy (non-hydrogen) atoms. The molecule has 2 nitrogen and oxygen atoms in total. The van der Waals surface area contributed by atoms with Gasteiger partial charge in [-0.1, -0.05) is 26.7 Å². The molecule has 0 aliphatic heterocycles. The average molecular weight is 212 g/mol. The van der Waals surface area contributed by atoms with Gasteiger partial charge in [0.15, 0.2) is 0 Å². The van der Waals surface area contributed by atoms with E-state index in [-0.39, 0.29) is 57.3 Å². The Morgan fingerprint density at radius 1 is 1.38 bits per heavy atom. The Labute approximate surface area is 125 Å². The average Bonchev–Trinajstić information content (AvgIpc) is 2.09. The topological polar surface area (TPSA) is 37.3 Å². The zero-order valence-corrected chi connectivity index (χ0v) is 12.6. The van der Waals surface area contributed by atoms with Crippen LogP contribution in [0.3, 0.4) is 0 Å². The molecule has 1 unspecified atom stereocenters. The fourth-order valence-electron chi connectivity index (χ4n) is 0.953. The number of rotatable bonds is 5. The van der Waals surface area contributed by atoms with Crippen LogP contribution in [0.5, 0.6) is 0 Å². The van der Waals surface area contributed by atoms with Gasteiger partial charge < -0.3 is 12.0 Å². The van der Waals surface area contributed by atoms with Crippen molar-refractivity contribution in [2.75, 3.05) is 0 Å². The van der Waals surface area contributed by atoms with Gasteiger partial charge in [0.05, 0.1) is 5.92 Å². The van der Waals surface area contributed by atoms with E-state index in [1.165, 1.54) is 0 Å². The Morgan fingerprint density at radius 2 is 1.85 bits per heavy atom. The van der Waals surface area contributed by atoms with Gasteiger partial charge in [-0.3, -0.25) is 4.79 Å². The third kappa shape index (κ3) is 13.1. The van der Waals surface area contributed by atoms with Crippen molar-refractivity contribution in [2.24, 2.45) is 5.92 Å². The standard InChI is InChI=1S/C8H16O2.C2H5.K/c1-3-5-6-7(4-2)8(9)10;1-2;/h7H,3-6H2,1-2H3,(H,9,10);1H2,2H3;/q;-1;+1. The molecule has 0 aromatic heterocycles. The zero-order chi connectivity index (χ0) is 9.98. The van der Waals surface area contributed by atoms with Crippen molar-refractivity contribution in [3.63, 3.8) is 0 Å². The Balaban J connectivity index is -0.000000309. The van der Waals surface area contributed by atoms with E-state index in [4.69, 9.17) is 5.11 Å². The molecular weight excluding hydrogens is 191 g/mol. The first-order chi connectivity index (χ1) is 5.72. The van der Waals surface area contributed by atoms with Crippen molar-refractivity contribution >= 4 is 5.97 Å². The van der Waals surface area contributed by atoms with E-state index in [1.54, 1.807) is 6.92 Å². The smallest absolute Gasteiger partial charge is 0.481 e. The van der Waals surface area contributed by atoms with Gasteiger partial charge in [-0.05, 0) is 12.8 Å². The van der Waals surface area contributed by atoms with E-state index >= 15 is 0 Å². The molecule has 1 atom stereocenters. The number of aliphatic carboxylic acids is 1. The predicted molar refractivity (Wildman–Crippen MR) is 52.0 cm³/mol. The molecule has 0 bridgehead atoms. The van der Waals surface area contributed by atoms with Crippen LogP contribution in [0.2, 0.25) is 0 Å². The molecule has 74 valence electrons. The summed E-state index contributed by atoms with van der Waals surface area (Å²) in [4.78, 5) is 10.4. The first-order valence-electron chi connectivity index (χ1n) is 4.65. The Kier molecular flexibility index (Phi) is 23.5. The molecule has 0 rings (SSSR count). The van der Waals surface area contributed by atoms with Gasteiger partial charge in [0.25, 0.3) is 0 Å². The molecule has 0 aliphatic carbocycles. The van der Waals surface area contributed by atoms with Crippen molar-refractivity contribution in [2.45, 2.75) is 46.5 Å². The third-order valence-corrected chi connectivity index (χ3v) is 1.75. The van der Waals surface area contributed by atoms with Gasteiger partial charge in [0.1, 0.15) is 0 Å². The van der Waals surface area contributed by atoms with E-state index in [0.717, 1.165) is 25.7 Å². The molecule has 0 heterocycles. The molecule has 0 radical (unpaired) electrons. The molecule has 0 aromatic rings. The summed E-state index contributed by atoms with van der Waals surface area (Å²) in [6.45, 7) is 9.00. The van der Waals surface area contributed by atoms with Gasteiger partial charge in [0.2, 0.25) is 0 Å². The Hall–Kier alpha value is 1.11. The molecule has 0 saturated carbocycles. The fraction of sp³-hybridized carbons (Fsp3) is 0.800. The quantitative estimate of drug-likeness (QED) is 0.520. The minimum absolute atomic E-state index is 0. The van der Waals surface area contributed by atoms with Gasteiger partial charge >= 0.3 is 57.4 Å². The van der Waals surface area contributed by atoms with E-state index < -0.39 is 5.97 Å². The number of hydrogen-bond donors (Lipinski definition) is 1. The van der Waals surface area contributed by atoms with Gasteiger partial charge in [-0.15, -0.1) is 0 Å². The number of unbranched alkanes of at least 4 members (excludes halogenated alkanes) is 1. The summed E-state index contributed by atoms with van der Waals surface area (Å²) in [7, 11) is 0. The normalized spacial score (nSPS) is 10.5. The number of hydrogen-bond acceptors (Lipinski definition) is 1. The molecular formula is C10H21KO2. The van der Waals surface area contributed by atoms with Crippen LogP contribution in [-0.2, 0) is 4.79 Å². The monoisotopic (exact) mass is 212 g/mol. The van der Waals surface area contributed by atoms with Crippen LogP contribution >= 0.6 is 0 Å². The molecule has 0 aromatic carbocycles. The van der Waals surface area contributed by atoms with Crippen LogP contribution < -0.4 is 51.4 Å². The molecule has 0 fully saturated rings. The molecule has 3 heteroatoms. The Bertz CT molecular complexity index is 105. The molecule has 1 N–H and O–H groups in total. The molecule has 0 amide bonds. The third-order valence-electron chi connectivity index (χ3n) is 1.75.